The Kier molecular flexibility index (Phi) is 5.28. The molecule has 0 spiro atoms. The number of carbonyl (C=O) groups excluding carboxylic acids is 1. The van der Waals surface area contributed by atoms with Crippen molar-refractivity contribution in [2.75, 3.05) is 6.54 Å². The molecule has 0 saturated heterocycles. The lowest BCUT2D eigenvalue weighted by Gasteiger charge is -2.05. The van der Waals surface area contributed by atoms with E-state index in [0.717, 1.165) is 17.5 Å². The molecule has 0 unspecified atom stereocenters. The number of rotatable bonds is 7. The number of nitrogens with one attached hydrogen (secondary N) is 1. The van der Waals surface area contributed by atoms with E-state index in [1.165, 1.54) is 0 Å². The van der Waals surface area contributed by atoms with Crippen molar-refractivity contribution < 1.29 is 4.79 Å². The first-order valence-corrected chi connectivity index (χ1v) is 8.55. The Balaban J connectivity index is 1.87. The Labute approximate surface area is 146 Å². The van der Waals surface area contributed by atoms with Crippen molar-refractivity contribution >= 4 is 17.1 Å². The number of benzene rings is 1. The van der Waals surface area contributed by atoms with Gasteiger partial charge in [-0.3, -0.25) is 13.9 Å². The van der Waals surface area contributed by atoms with Gasteiger partial charge in [0.1, 0.15) is 0 Å². The summed E-state index contributed by atoms with van der Waals surface area (Å²) in [6.45, 7) is 3.28. The average molecular weight is 338 g/mol. The van der Waals surface area contributed by atoms with Crippen molar-refractivity contribution in [3.05, 3.63) is 64.7 Å². The highest BCUT2D eigenvalue weighted by molar-refractivity contribution is 5.75. The largest absolute Gasteiger partial charge is 0.354 e. The van der Waals surface area contributed by atoms with Crippen molar-refractivity contribution in [2.45, 2.75) is 32.9 Å². The summed E-state index contributed by atoms with van der Waals surface area (Å²) in [5.41, 5.74) is 2.40. The highest BCUT2D eigenvalue weighted by Crippen LogP contribution is 2.12. The van der Waals surface area contributed by atoms with Crippen LogP contribution in [0, 0.1) is 0 Å². The zero-order valence-electron chi connectivity index (χ0n) is 14.3. The minimum Gasteiger partial charge on any atom is -0.354 e. The van der Waals surface area contributed by atoms with E-state index in [4.69, 9.17) is 0 Å². The van der Waals surface area contributed by atoms with Gasteiger partial charge in [-0.05, 0) is 24.1 Å². The van der Waals surface area contributed by atoms with Crippen LogP contribution >= 0.6 is 0 Å². The van der Waals surface area contributed by atoms with Gasteiger partial charge in [0.2, 0.25) is 5.91 Å². The van der Waals surface area contributed by atoms with Gasteiger partial charge in [-0.1, -0.05) is 37.3 Å². The first-order chi connectivity index (χ1) is 12.2. The summed E-state index contributed by atoms with van der Waals surface area (Å²) in [6, 6.07) is 13.6. The van der Waals surface area contributed by atoms with Gasteiger partial charge >= 0.3 is 5.69 Å². The first kappa shape index (κ1) is 17.0. The molecule has 1 amide bonds. The predicted molar refractivity (Wildman–Crippen MR) is 97.5 cm³/mol. The summed E-state index contributed by atoms with van der Waals surface area (Å²) in [6.07, 6.45) is 2.99. The molecule has 0 atom stereocenters. The topological polar surface area (TPSA) is 68.9 Å². The van der Waals surface area contributed by atoms with Crippen molar-refractivity contribution in [3.8, 4) is 0 Å². The van der Waals surface area contributed by atoms with Crippen LogP contribution in [0.15, 0.2) is 53.5 Å². The van der Waals surface area contributed by atoms with Gasteiger partial charge < -0.3 is 5.32 Å². The van der Waals surface area contributed by atoms with Crippen LogP contribution in [0.4, 0.5) is 0 Å². The Hall–Kier alpha value is -2.89. The summed E-state index contributed by atoms with van der Waals surface area (Å²) in [5, 5.41) is 2.85. The number of aromatic nitrogens is 3. The van der Waals surface area contributed by atoms with Crippen LogP contribution in [0.1, 0.15) is 25.3 Å². The fourth-order valence-corrected chi connectivity index (χ4v) is 2.89. The molecular formula is C19H22N4O2. The molecule has 0 aliphatic rings. The molecule has 2 aromatic heterocycles. The molecule has 0 radical (unpaired) electrons. The van der Waals surface area contributed by atoms with Gasteiger partial charge in [0.05, 0.1) is 12.1 Å². The van der Waals surface area contributed by atoms with Gasteiger partial charge in [-0.25, -0.2) is 9.78 Å². The van der Waals surface area contributed by atoms with Crippen molar-refractivity contribution in [1.29, 1.82) is 0 Å². The van der Waals surface area contributed by atoms with Crippen molar-refractivity contribution in [1.82, 2.24) is 19.4 Å². The molecular weight excluding hydrogens is 316 g/mol. The summed E-state index contributed by atoms with van der Waals surface area (Å²) in [5.74, 6) is 0.0107. The molecule has 0 fully saturated rings. The molecule has 3 aromatic rings. The molecule has 1 N–H and O–H groups in total. The van der Waals surface area contributed by atoms with Gasteiger partial charge in [0, 0.05) is 25.7 Å². The second-order valence-corrected chi connectivity index (χ2v) is 5.95. The monoisotopic (exact) mass is 338 g/mol. The maximum Gasteiger partial charge on any atom is 0.330 e. The molecule has 130 valence electrons. The smallest absolute Gasteiger partial charge is 0.330 e. The van der Waals surface area contributed by atoms with Crippen LogP contribution < -0.4 is 11.0 Å². The van der Waals surface area contributed by atoms with Crippen molar-refractivity contribution in [3.63, 3.8) is 0 Å². The van der Waals surface area contributed by atoms with E-state index in [2.05, 4.69) is 10.3 Å². The predicted octanol–water partition coefficient (Wildman–Crippen LogP) is 2.16. The van der Waals surface area contributed by atoms with E-state index in [9.17, 15) is 9.59 Å². The standard InChI is InChI=1S/C19H22N4O2/c1-2-7-17(24)20-12-13-22-18-16(10-6-11-21-18)23(19(22)25)14-15-8-4-3-5-9-15/h3-6,8-11H,2,7,12-14H2,1H3,(H,20,24). The lowest BCUT2D eigenvalue weighted by atomic mass is 10.2. The van der Waals surface area contributed by atoms with Crippen molar-refractivity contribution in [2.24, 2.45) is 0 Å². The number of fused-ring (bicyclic) bond motifs is 1. The number of hydrogen-bond acceptors (Lipinski definition) is 3. The van der Waals surface area contributed by atoms with E-state index >= 15 is 0 Å². The maximum absolute atomic E-state index is 12.9. The Bertz CT molecular complexity index is 912. The van der Waals surface area contributed by atoms with Crippen LogP contribution in [-0.4, -0.2) is 26.6 Å². The SMILES string of the molecule is CCCC(=O)NCCn1c(=O)n(Cc2ccccc2)c2cccnc21. The van der Waals surface area contributed by atoms with Crippen LogP contribution in [0.25, 0.3) is 11.2 Å². The summed E-state index contributed by atoms with van der Waals surface area (Å²) < 4.78 is 3.36. The Morgan fingerprint density at radius 1 is 1.12 bits per heavy atom. The lowest BCUT2D eigenvalue weighted by molar-refractivity contribution is -0.121. The number of imidazole rings is 1. The molecule has 0 aliphatic carbocycles. The first-order valence-electron chi connectivity index (χ1n) is 8.55. The highest BCUT2D eigenvalue weighted by atomic mass is 16.2. The second-order valence-electron chi connectivity index (χ2n) is 5.95. The molecule has 3 rings (SSSR count). The second kappa shape index (κ2) is 7.79. The molecule has 0 aliphatic heterocycles. The number of carbonyl (C=O) groups is 1. The Morgan fingerprint density at radius 2 is 1.92 bits per heavy atom. The fraction of sp³-hybridized carbons (Fsp3) is 0.316. The van der Waals surface area contributed by atoms with Gasteiger partial charge in [-0.15, -0.1) is 0 Å². The quantitative estimate of drug-likeness (QED) is 0.718. The van der Waals surface area contributed by atoms with E-state index in [1.807, 2.05) is 49.4 Å². The highest BCUT2D eigenvalue weighted by Gasteiger charge is 2.14. The third kappa shape index (κ3) is 3.79. The Morgan fingerprint density at radius 3 is 2.68 bits per heavy atom. The van der Waals surface area contributed by atoms with E-state index in [0.29, 0.717) is 31.7 Å². The van der Waals surface area contributed by atoms with E-state index < -0.39 is 0 Å². The van der Waals surface area contributed by atoms with Gasteiger partial charge in [0.15, 0.2) is 5.65 Å². The minimum absolute atomic E-state index is 0.0107. The van der Waals surface area contributed by atoms with Crippen LogP contribution in [0.3, 0.4) is 0 Å². The molecule has 2 heterocycles. The fourth-order valence-electron chi connectivity index (χ4n) is 2.89. The number of nitrogens with zero attached hydrogens (tertiary/aromatic N) is 3. The van der Waals surface area contributed by atoms with Crippen LogP contribution in [0.2, 0.25) is 0 Å². The number of hydrogen-bond donors (Lipinski definition) is 1. The zero-order valence-corrected chi connectivity index (χ0v) is 14.3. The van der Waals surface area contributed by atoms with Gasteiger partial charge in [-0.2, -0.15) is 0 Å². The zero-order chi connectivity index (χ0) is 17.6. The molecule has 0 saturated carbocycles. The minimum atomic E-state index is -0.109. The number of amides is 1. The van der Waals surface area contributed by atoms with Crippen LogP contribution in [-0.2, 0) is 17.9 Å². The normalized spacial score (nSPS) is 10.9. The molecule has 1 aromatic carbocycles. The summed E-state index contributed by atoms with van der Waals surface area (Å²) >= 11 is 0. The number of pyridine rings is 1. The van der Waals surface area contributed by atoms with Crippen LogP contribution in [0.5, 0.6) is 0 Å². The van der Waals surface area contributed by atoms with E-state index in [1.54, 1.807) is 15.3 Å². The molecule has 0 bridgehead atoms. The third-order valence-electron chi connectivity index (χ3n) is 4.09. The summed E-state index contributed by atoms with van der Waals surface area (Å²) in [7, 11) is 0. The summed E-state index contributed by atoms with van der Waals surface area (Å²) in [4.78, 5) is 28.8. The maximum atomic E-state index is 12.9. The van der Waals surface area contributed by atoms with Gasteiger partial charge in [0.25, 0.3) is 0 Å². The third-order valence-corrected chi connectivity index (χ3v) is 4.09. The van der Waals surface area contributed by atoms with E-state index in [-0.39, 0.29) is 11.6 Å². The molecule has 25 heavy (non-hydrogen) atoms. The molecule has 6 heteroatoms. The molecule has 6 nitrogen and oxygen atoms in total. The lowest BCUT2D eigenvalue weighted by Crippen LogP contribution is -2.31. The average Bonchev–Trinajstić information content (AvgIpc) is 2.89.